The van der Waals surface area contributed by atoms with Gasteiger partial charge >= 0.3 is 0 Å². The molecule has 56 heavy (non-hydrogen) atoms. The van der Waals surface area contributed by atoms with E-state index in [0.717, 1.165) is 17.7 Å². The Hall–Kier alpha value is -4.76. The van der Waals surface area contributed by atoms with Gasteiger partial charge in [-0.1, -0.05) is 25.0 Å². The Labute approximate surface area is 326 Å². The molecule has 4 aliphatic rings. The van der Waals surface area contributed by atoms with E-state index in [-0.39, 0.29) is 43.1 Å². The third-order valence-electron chi connectivity index (χ3n) is 11.5. The number of thiophene rings is 1. The number of sulfonamides is 1. The molecule has 2 aromatic heterocycles. The Morgan fingerprint density at radius 3 is 2.48 bits per heavy atom. The Morgan fingerprint density at radius 1 is 0.964 bits per heavy atom. The molecule has 2 aliphatic carbocycles. The maximum absolute atomic E-state index is 14.7. The van der Waals surface area contributed by atoms with Gasteiger partial charge in [0.05, 0.1) is 33.6 Å². The molecule has 11 nitrogen and oxygen atoms in total. The minimum Gasteiger partial charge on any atom is -0.472 e. The number of allylic oxidation sites excluding steroid dienone is 2. The number of amides is 3. The van der Waals surface area contributed by atoms with Gasteiger partial charge in [0, 0.05) is 34.6 Å². The molecule has 2 saturated carbocycles. The Kier molecular flexibility index (Phi) is 10.2. The number of carbonyl (C=O) groups is 4. The zero-order valence-electron chi connectivity index (χ0n) is 30.8. The first-order chi connectivity index (χ1) is 26.8. The topological polar surface area (TPSA) is 152 Å². The molecule has 2 N–H and O–H groups in total. The van der Waals surface area contributed by atoms with Crippen molar-refractivity contribution in [1.82, 2.24) is 19.9 Å². The summed E-state index contributed by atoms with van der Waals surface area (Å²) in [5.74, 6) is -3.39. The number of ketones is 1. The van der Waals surface area contributed by atoms with Crippen LogP contribution in [0.2, 0.25) is 0 Å². The van der Waals surface area contributed by atoms with E-state index in [2.05, 4.69) is 15.0 Å². The van der Waals surface area contributed by atoms with Gasteiger partial charge in [-0.05, 0) is 99.2 Å². The molecule has 8 rings (SSSR count). The fraction of sp³-hybridized carbons (Fsp3) is 0.439. The van der Waals surface area contributed by atoms with Crippen molar-refractivity contribution in [2.75, 3.05) is 6.54 Å². The number of carbonyl (C=O) groups excluding carboxylic acids is 4. The molecule has 5 atom stereocenters. The van der Waals surface area contributed by atoms with Crippen molar-refractivity contribution in [3.63, 3.8) is 0 Å². The Balaban J connectivity index is 1.14. The normalized spacial score (nSPS) is 26.5. The van der Waals surface area contributed by atoms with E-state index < -0.39 is 74.0 Å². The monoisotopic (exact) mass is 804 g/mol. The van der Waals surface area contributed by atoms with E-state index >= 15 is 0 Å². The largest absolute Gasteiger partial charge is 0.472 e. The van der Waals surface area contributed by atoms with Crippen molar-refractivity contribution in [2.45, 2.75) is 94.6 Å². The number of ether oxygens (including phenoxy) is 1. The predicted octanol–water partition coefficient (Wildman–Crippen LogP) is 6.28. The van der Waals surface area contributed by atoms with Crippen LogP contribution < -0.4 is 14.8 Å². The van der Waals surface area contributed by atoms with Gasteiger partial charge in [0.15, 0.2) is 5.78 Å². The zero-order chi connectivity index (χ0) is 39.4. The molecule has 0 spiro atoms. The highest BCUT2D eigenvalue weighted by Crippen LogP contribution is 2.57. The fourth-order valence-electron chi connectivity index (χ4n) is 8.14. The SMILES string of the molecule is Cc1ccc(C(=O)N[C@H]2CCCCC/C=C\[C@@H]3C[C@@]3(C(=O)NS(=O)(=O)C3CC3)CC(=O)[C@@H]3C[C@@H](Oc4nc5cc(F)ccc5c5cc(F)ccc45)CN3C2=O)s1. The Morgan fingerprint density at radius 2 is 1.73 bits per heavy atom. The van der Waals surface area contributed by atoms with Gasteiger partial charge in [-0.15, -0.1) is 11.3 Å². The van der Waals surface area contributed by atoms with Crippen LogP contribution in [0.15, 0.2) is 60.7 Å². The average molecular weight is 805 g/mol. The molecule has 294 valence electrons. The van der Waals surface area contributed by atoms with E-state index in [4.69, 9.17) is 4.74 Å². The van der Waals surface area contributed by atoms with Crippen molar-refractivity contribution >= 4 is 66.5 Å². The number of fused-ring (bicyclic) bond motifs is 5. The van der Waals surface area contributed by atoms with Gasteiger partial charge in [-0.3, -0.25) is 23.9 Å². The number of benzene rings is 2. The lowest BCUT2D eigenvalue weighted by molar-refractivity contribution is -0.140. The van der Waals surface area contributed by atoms with Crippen LogP contribution in [0.1, 0.15) is 78.8 Å². The highest BCUT2D eigenvalue weighted by Gasteiger charge is 2.61. The van der Waals surface area contributed by atoms with Crippen molar-refractivity contribution in [2.24, 2.45) is 11.3 Å². The fourth-order valence-corrected chi connectivity index (χ4v) is 10.3. The van der Waals surface area contributed by atoms with Crippen LogP contribution in [-0.4, -0.2) is 71.8 Å². The summed E-state index contributed by atoms with van der Waals surface area (Å²) in [5.41, 5.74) is -1.08. The summed E-state index contributed by atoms with van der Waals surface area (Å²) in [6.07, 6.45) is 7.14. The summed E-state index contributed by atoms with van der Waals surface area (Å²) in [6, 6.07) is 9.54. The van der Waals surface area contributed by atoms with E-state index in [0.29, 0.717) is 53.1 Å². The smallest absolute Gasteiger partial charge is 0.262 e. The number of rotatable bonds is 7. The molecule has 2 aromatic carbocycles. The van der Waals surface area contributed by atoms with Crippen LogP contribution >= 0.6 is 11.3 Å². The standard InChI is InChI=1S/C41H42F2N4O7S2/c1-23-9-16-36(55-23)37(49)44-32-8-6-4-2-3-5-7-24-20-41(24,40(51)46-56(52,53)28-12-13-28)21-35(48)34-19-27(22-47(34)39(32)50)54-38-30-15-11-25(42)17-31(30)29-14-10-26(43)18-33(29)45-38/h5,7,9-11,14-18,24,27-28,32,34H,2-4,6,8,12-13,19-22H2,1H3,(H,44,49)(H,46,51)/b7-5-/t24-,27-,32+,34+,41-/m1/s1. The van der Waals surface area contributed by atoms with Crippen molar-refractivity contribution in [3.8, 4) is 5.88 Å². The van der Waals surface area contributed by atoms with Crippen LogP contribution in [0.5, 0.6) is 5.88 Å². The summed E-state index contributed by atoms with van der Waals surface area (Å²) < 4.78 is 63.4. The van der Waals surface area contributed by atoms with Gasteiger partial charge in [-0.2, -0.15) is 0 Å². The van der Waals surface area contributed by atoms with Crippen LogP contribution in [0.4, 0.5) is 8.78 Å². The molecule has 4 heterocycles. The molecule has 15 heteroatoms. The number of nitrogens with one attached hydrogen (secondary N) is 2. The third kappa shape index (κ3) is 7.67. The Bertz CT molecular complexity index is 2400. The van der Waals surface area contributed by atoms with Crippen molar-refractivity contribution in [3.05, 3.63) is 82.1 Å². The molecule has 1 saturated heterocycles. The van der Waals surface area contributed by atoms with Crippen LogP contribution in [0, 0.1) is 29.9 Å². The van der Waals surface area contributed by atoms with Crippen LogP contribution in [-0.2, 0) is 24.4 Å². The molecule has 3 fully saturated rings. The van der Waals surface area contributed by atoms with Gasteiger partial charge in [-0.25, -0.2) is 22.2 Å². The first kappa shape index (κ1) is 38.1. The second-order valence-electron chi connectivity index (χ2n) is 15.5. The number of pyridine rings is 1. The average Bonchev–Trinajstić information content (AvgIpc) is 4.04. The molecule has 0 radical (unpaired) electrons. The second-order valence-corrected chi connectivity index (χ2v) is 18.8. The summed E-state index contributed by atoms with van der Waals surface area (Å²) in [7, 11) is -3.89. The van der Waals surface area contributed by atoms with E-state index in [1.165, 1.54) is 52.6 Å². The van der Waals surface area contributed by atoms with Gasteiger partial charge in [0.25, 0.3) is 5.91 Å². The molecular formula is C41H42F2N4O7S2. The molecule has 3 amide bonds. The zero-order valence-corrected chi connectivity index (χ0v) is 32.4. The van der Waals surface area contributed by atoms with Crippen molar-refractivity contribution < 1.29 is 41.1 Å². The number of Topliss-reactive ketones (excluding diaryl/α,β-unsaturated/α-hetero) is 1. The van der Waals surface area contributed by atoms with Gasteiger partial charge in [0.2, 0.25) is 27.7 Å². The molecule has 0 unspecified atom stereocenters. The lowest BCUT2D eigenvalue weighted by Gasteiger charge is -2.29. The number of aromatic nitrogens is 1. The summed E-state index contributed by atoms with van der Waals surface area (Å²) >= 11 is 1.30. The first-order valence-corrected chi connectivity index (χ1v) is 21.5. The molecular weight excluding hydrogens is 763 g/mol. The number of nitrogens with zero attached hydrogens (tertiary/aromatic N) is 2. The number of halogens is 2. The quantitative estimate of drug-likeness (QED) is 0.164. The number of hydrogen-bond acceptors (Lipinski definition) is 9. The predicted molar refractivity (Wildman–Crippen MR) is 206 cm³/mol. The summed E-state index contributed by atoms with van der Waals surface area (Å²) in [5, 5.41) is 3.69. The number of aryl methyl sites for hydroxylation is 1. The van der Waals surface area contributed by atoms with E-state index in [9.17, 15) is 36.4 Å². The molecule has 2 aliphatic heterocycles. The van der Waals surface area contributed by atoms with Crippen molar-refractivity contribution in [1.29, 1.82) is 0 Å². The highest BCUT2D eigenvalue weighted by atomic mass is 32.2. The summed E-state index contributed by atoms with van der Waals surface area (Å²) in [6.45, 7) is 1.80. The third-order valence-corrected chi connectivity index (χ3v) is 14.3. The molecule has 0 bridgehead atoms. The maximum atomic E-state index is 14.7. The number of hydrogen-bond donors (Lipinski definition) is 2. The second kappa shape index (κ2) is 15.0. The van der Waals surface area contributed by atoms with E-state index in [1.54, 1.807) is 6.07 Å². The first-order valence-electron chi connectivity index (χ1n) is 19.1. The van der Waals surface area contributed by atoms with Crippen LogP contribution in [0.3, 0.4) is 0 Å². The maximum Gasteiger partial charge on any atom is 0.262 e. The lowest BCUT2D eigenvalue weighted by Crippen LogP contribution is -2.52. The minimum absolute atomic E-state index is 0.000503. The van der Waals surface area contributed by atoms with E-state index in [1.807, 2.05) is 25.1 Å². The van der Waals surface area contributed by atoms with Gasteiger partial charge in [0.1, 0.15) is 23.8 Å². The highest BCUT2D eigenvalue weighted by molar-refractivity contribution is 7.90. The summed E-state index contributed by atoms with van der Waals surface area (Å²) in [4.78, 5) is 63.8. The minimum atomic E-state index is -3.89. The van der Waals surface area contributed by atoms with Crippen LogP contribution in [0.25, 0.3) is 21.7 Å². The van der Waals surface area contributed by atoms with Gasteiger partial charge < -0.3 is 15.0 Å². The molecule has 4 aromatic rings. The lowest BCUT2D eigenvalue weighted by atomic mass is 9.91.